The van der Waals surface area contributed by atoms with Crippen molar-refractivity contribution in [3.8, 4) is 67.5 Å². The van der Waals surface area contributed by atoms with Crippen LogP contribution in [0.1, 0.15) is 44.5 Å². The second-order valence-electron chi connectivity index (χ2n) is 19.0. The standard InChI is InChI=1S/C68H43NO2/c1-2-19-44(20-3-1)45-39-41-47(42-40-45)69(60-34-18-33-59-66(60)51-24-5-7-27-53(51)68(59)56-30-10-14-37-63(56)71-64-38-15-11-31-57(64)68)48-22-16-21-46(43-48)49-25-17-32-58-65(49)50-23-4-6-26-52(50)67(58)54-28-8-12-35-61(54)70-62-36-13-9-29-55(62)67/h1-43H. The van der Waals surface area contributed by atoms with Crippen LogP contribution in [0, 0.1) is 0 Å². The summed E-state index contributed by atoms with van der Waals surface area (Å²) in [5.41, 5.74) is 21.3. The molecular formula is C68H43NO2. The molecule has 4 aliphatic rings. The van der Waals surface area contributed by atoms with Crippen LogP contribution >= 0.6 is 0 Å². The minimum absolute atomic E-state index is 0.563. The first kappa shape index (κ1) is 39.8. The molecule has 0 amide bonds. The first-order valence-corrected chi connectivity index (χ1v) is 24.5. The van der Waals surface area contributed by atoms with Crippen molar-refractivity contribution in [1.82, 2.24) is 0 Å². The number of benzene rings is 11. The molecule has 2 heterocycles. The number of fused-ring (bicyclic) bond motifs is 18. The summed E-state index contributed by atoms with van der Waals surface area (Å²) in [5.74, 6) is 3.54. The van der Waals surface area contributed by atoms with Gasteiger partial charge in [-0.15, -0.1) is 0 Å². The summed E-state index contributed by atoms with van der Waals surface area (Å²) in [6, 6.07) is 95.1. The molecule has 0 bridgehead atoms. The van der Waals surface area contributed by atoms with Gasteiger partial charge in [-0.2, -0.15) is 0 Å². The molecule has 0 unspecified atom stereocenters. The van der Waals surface area contributed by atoms with Gasteiger partial charge in [0.15, 0.2) is 0 Å². The maximum absolute atomic E-state index is 6.72. The molecule has 2 spiro atoms. The van der Waals surface area contributed by atoms with Gasteiger partial charge in [0.2, 0.25) is 0 Å². The van der Waals surface area contributed by atoms with Gasteiger partial charge in [0, 0.05) is 39.2 Å². The van der Waals surface area contributed by atoms with Crippen LogP contribution in [0.5, 0.6) is 23.0 Å². The Morgan fingerprint density at radius 3 is 1.21 bits per heavy atom. The topological polar surface area (TPSA) is 21.7 Å². The molecule has 0 N–H and O–H groups in total. The number of nitrogens with zero attached hydrogens (tertiary/aromatic N) is 1. The third-order valence-electron chi connectivity index (χ3n) is 15.6. The second kappa shape index (κ2) is 15.2. The third-order valence-corrected chi connectivity index (χ3v) is 15.6. The molecular weight excluding hydrogens is 863 g/mol. The number of ether oxygens (including phenoxy) is 2. The van der Waals surface area contributed by atoms with Crippen LogP contribution < -0.4 is 14.4 Å². The van der Waals surface area contributed by atoms with Gasteiger partial charge in [0.1, 0.15) is 23.0 Å². The monoisotopic (exact) mass is 905 g/mol. The number of hydrogen-bond acceptors (Lipinski definition) is 3. The van der Waals surface area contributed by atoms with Gasteiger partial charge in [-0.3, -0.25) is 0 Å². The van der Waals surface area contributed by atoms with Crippen molar-refractivity contribution in [2.75, 3.05) is 4.90 Å². The van der Waals surface area contributed by atoms with Crippen molar-refractivity contribution in [1.29, 1.82) is 0 Å². The fourth-order valence-electron chi connectivity index (χ4n) is 12.9. The highest BCUT2D eigenvalue weighted by molar-refractivity contribution is 6.00. The molecule has 2 aliphatic carbocycles. The fourth-order valence-corrected chi connectivity index (χ4v) is 12.9. The van der Waals surface area contributed by atoms with Gasteiger partial charge in [-0.05, 0) is 116 Å². The molecule has 0 fully saturated rings. The van der Waals surface area contributed by atoms with Gasteiger partial charge in [-0.1, -0.05) is 206 Å². The summed E-state index contributed by atoms with van der Waals surface area (Å²) < 4.78 is 13.4. The van der Waals surface area contributed by atoms with Crippen LogP contribution in [0.3, 0.4) is 0 Å². The summed E-state index contributed by atoms with van der Waals surface area (Å²) in [4.78, 5) is 2.48. The summed E-state index contributed by atoms with van der Waals surface area (Å²) >= 11 is 0. The quantitative estimate of drug-likeness (QED) is 0.172. The Morgan fingerprint density at radius 1 is 0.254 bits per heavy atom. The highest BCUT2D eigenvalue weighted by Gasteiger charge is 2.53. The Kier molecular flexibility index (Phi) is 8.49. The lowest BCUT2D eigenvalue weighted by molar-refractivity contribution is 0.436. The third kappa shape index (κ3) is 5.43. The van der Waals surface area contributed by atoms with E-state index in [4.69, 9.17) is 9.47 Å². The van der Waals surface area contributed by atoms with Crippen LogP contribution in [-0.2, 0) is 10.8 Å². The van der Waals surface area contributed by atoms with Gasteiger partial charge >= 0.3 is 0 Å². The summed E-state index contributed by atoms with van der Waals surface area (Å²) in [6.07, 6.45) is 0. The molecule has 15 rings (SSSR count). The fraction of sp³-hybridized carbons (Fsp3) is 0.0294. The molecule has 11 aromatic rings. The zero-order chi connectivity index (χ0) is 46.7. The molecule has 332 valence electrons. The minimum atomic E-state index is -0.604. The Balaban J connectivity index is 0.972. The number of rotatable bonds is 5. The van der Waals surface area contributed by atoms with E-state index in [-0.39, 0.29) is 0 Å². The van der Waals surface area contributed by atoms with Gasteiger partial charge < -0.3 is 14.4 Å². The Morgan fingerprint density at radius 2 is 0.648 bits per heavy atom. The highest BCUT2D eigenvalue weighted by atomic mass is 16.5. The van der Waals surface area contributed by atoms with E-state index >= 15 is 0 Å². The smallest absolute Gasteiger partial charge is 0.132 e. The van der Waals surface area contributed by atoms with Gasteiger partial charge in [-0.25, -0.2) is 0 Å². The Hall–Kier alpha value is -9.18. The summed E-state index contributed by atoms with van der Waals surface area (Å²) in [5, 5.41) is 0. The van der Waals surface area contributed by atoms with Crippen LogP contribution in [0.2, 0.25) is 0 Å². The van der Waals surface area contributed by atoms with Crippen molar-refractivity contribution in [3.63, 3.8) is 0 Å². The Bertz CT molecular complexity index is 3870. The molecule has 0 atom stereocenters. The van der Waals surface area contributed by atoms with Crippen molar-refractivity contribution >= 4 is 17.1 Å². The Labute approximate surface area is 413 Å². The molecule has 3 nitrogen and oxygen atoms in total. The van der Waals surface area contributed by atoms with Crippen molar-refractivity contribution in [2.24, 2.45) is 0 Å². The van der Waals surface area contributed by atoms with Crippen LogP contribution in [-0.4, -0.2) is 0 Å². The average molecular weight is 906 g/mol. The van der Waals surface area contributed by atoms with Crippen molar-refractivity contribution < 1.29 is 9.47 Å². The lowest BCUT2D eigenvalue weighted by Crippen LogP contribution is -2.32. The van der Waals surface area contributed by atoms with E-state index in [1.165, 1.54) is 61.2 Å². The zero-order valence-corrected chi connectivity index (χ0v) is 38.6. The predicted octanol–water partition coefficient (Wildman–Crippen LogP) is 17.4. The van der Waals surface area contributed by atoms with E-state index < -0.39 is 10.8 Å². The SMILES string of the molecule is c1ccc(-c2ccc(N(c3cccc(-c4cccc5c4-c4ccccc4C54c5ccccc5Oc5ccccc54)c3)c3cccc4c3-c3ccccc3C43c4ccccc4Oc4ccccc43)cc2)cc1. The largest absolute Gasteiger partial charge is 0.457 e. The molecule has 71 heavy (non-hydrogen) atoms. The van der Waals surface area contributed by atoms with Crippen LogP contribution in [0.25, 0.3) is 44.5 Å². The zero-order valence-electron chi connectivity index (χ0n) is 38.6. The lowest BCUT2D eigenvalue weighted by Gasteiger charge is -2.39. The minimum Gasteiger partial charge on any atom is -0.457 e. The lowest BCUT2D eigenvalue weighted by atomic mass is 9.66. The average Bonchev–Trinajstić information content (AvgIpc) is 3.92. The number of hydrogen-bond donors (Lipinski definition) is 0. The van der Waals surface area contributed by atoms with E-state index in [0.29, 0.717) is 0 Å². The van der Waals surface area contributed by atoms with Crippen LogP contribution in [0.4, 0.5) is 17.1 Å². The maximum atomic E-state index is 6.72. The van der Waals surface area contributed by atoms with E-state index in [2.05, 4.69) is 266 Å². The number of anilines is 3. The van der Waals surface area contributed by atoms with Crippen molar-refractivity contribution in [2.45, 2.75) is 10.8 Å². The maximum Gasteiger partial charge on any atom is 0.132 e. The molecule has 0 saturated carbocycles. The normalized spacial score (nSPS) is 14.1. The van der Waals surface area contributed by atoms with E-state index in [1.807, 2.05) is 0 Å². The molecule has 3 heteroatoms. The molecule has 0 radical (unpaired) electrons. The van der Waals surface area contributed by atoms with E-state index in [9.17, 15) is 0 Å². The summed E-state index contributed by atoms with van der Waals surface area (Å²) in [6.45, 7) is 0. The van der Waals surface area contributed by atoms with Gasteiger partial charge in [0.05, 0.1) is 16.5 Å². The first-order chi connectivity index (χ1) is 35.2. The molecule has 0 saturated heterocycles. The van der Waals surface area contributed by atoms with Crippen LogP contribution in [0.15, 0.2) is 261 Å². The molecule has 2 aliphatic heterocycles. The van der Waals surface area contributed by atoms with Crippen molar-refractivity contribution in [3.05, 3.63) is 305 Å². The van der Waals surface area contributed by atoms with Gasteiger partial charge in [0.25, 0.3) is 0 Å². The number of para-hydroxylation sites is 4. The summed E-state index contributed by atoms with van der Waals surface area (Å²) in [7, 11) is 0. The first-order valence-electron chi connectivity index (χ1n) is 24.5. The van der Waals surface area contributed by atoms with E-state index in [0.717, 1.165) is 67.9 Å². The molecule has 0 aromatic heterocycles. The molecule has 11 aromatic carbocycles. The second-order valence-corrected chi connectivity index (χ2v) is 19.0. The highest BCUT2D eigenvalue weighted by Crippen LogP contribution is 2.66. The predicted molar refractivity (Wildman–Crippen MR) is 287 cm³/mol. The van der Waals surface area contributed by atoms with E-state index in [1.54, 1.807) is 0 Å².